The van der Waals surface area contributed by atoms with Crippen LogP contribution in [0.2, 0.25) is 0 Å². The smallest absolute Gasteiger partial charge is 0.0503 e. The minimum absolute atomic E-state index is 0.825. The number of hydrogen-bond donors (Lipinski definition) is 0. The molecule has 39 valence electrons. The summed E-state index contributed by atoms with van der Waals surface area (Å²) >= 11 is 0. The highest BCUT2D eigenvalue weighted by Gasteiger charge is 2.00. The molecule has 0 spiro atoms. The first kappa shape index (κ1) is 4.85. The Kier molecular flexibility index (Phi) is 1.47. The van der Waals surface area contributed by atoms with E-state index in [-0.39, 0.29) is 0 Å². The molecule has 0 N–H and O–H groups in total. The second-order valence-corrected chi connectivity index (χ2v) is 1.77. The van der Waals surface area contributed by atoms with Crippen LogP contribution in [-0.4, -0.2) is 13.2 Å². The van der Waals surface area contributed by atoms with Crippen LogP contribution in [0.15, 0.2) is 5.57 Å². The van der Waals surface area contributed by atoms with Crippen LogP contribution in [0, 0.1) is 6.58 Å². The molecule has 0 aromatic carbocycles. The molecule has 1 aliphatic heterocycles. The lowest BCUT2D eigenvalue weighted by Gasteiger charge is -2.11. The maximum atomic E-state index is 5.47. The molecule has 1 rings (SSSR count). The normalized spacial score (nSPS) is 22.6. The van der Waals surface area contributed by atoms with Crippen molar-refractivity contribution in [3.63, 3.8) is 0 Å². The van der Waals surface area contributed by atoms with Crippen molar-refractivity contribution >= 4 is 0 Å². The van der Waals surface area contributed by atoms with Crippen molar-refractivity contribution in [3.05, 3.63) is 12.2 Å². The van der Waals surface area contributed by atoms with E-state index in [9.17, 15) is 0 Å². The van der Waals surface area contributed by atoms with Gasteiger partial charge in [0.2, 0.25) is 0 Å². The third kappa shape index (κ3) is 1.32. The minimum atomic E-state index is 0.825. The van der Waals surface area contributed by atoms with Gasteiger partial charge < -0.3 is 4.74 Å². The number of hydrogen-bond acceptors (Lipinski definition) is 1. The van der Waals surface area contributed by atoms with Crippen molar-refractivity contribution in [1.82, 2.24) is 0 Å². The molecule has 1 radical (unpaired) electrons. The van der Waals surface area contributed by atoms with Crippen molar-refractivity contribution in [2.75, 3.05) is 13.2 Å². The van der Waals surface area contributed by atoms with Gasteiger partial charge in [0.25, 0.3) is 0 Å². The zero-order chi connectivity index (χ0) is 5.11. The zero-order valence-electron chi connectivity index (χ0n) is 4.31. The van der Waals surface area contributed by atoms with Crippen LogP contribution in [0.4, 0.5) is 0 Å². The Labute approximate surface area is 44.0 Å². The van der Waals surface area contributed by atoms with Gasteiger partial charge in [0.1, 0.15) is 0 Å². The molecule has 1 aliphatic rings. The molecular formula is C6H9O. The van der Waals surface area contributed by atoms with Crippen LogP contribution in [0.3, 0.4) is 0 Å². The molecule has 0 amide bonds. The predicted octanol–water partition coefficient (Wildman–Crippen LogP) is 1.16. The van der Waals surface area contributed by atoms with Gasteiger partial charge in [0.15, 0.2) is 0 Å². The van der Waals surface area contributed by atoms with Gasteiger partial charge in [-0.3, -0.25) is 0 Å². The lowest BCUT2D eigenvalue weighted by Crippen LogP contribution is -2.05. The monoisotopic (exact) mass is 97.1 g/mol. The molecule has 1 fully saturated rings. The summed E-state index contributed by atoms with van der Waals surface area (Å²) in [6.45, 7) is 7.12. The fourth-order valence-electron chi connectivity index (χ4n) is 0.634. The van der Waals surface area contributed by atoms with E-state index in [0.717, 1.165) is 31.6 Å². The molecule has 0 saturated carbocycles. The fraction of sp³-hybridized carbons (Fsp3) is 0.667. The van der Waals surface area contributed by atoms with Crippen LogP contribution in [-0.2, 0) is 4.74 Å². The largest absolute Gasteiger partial charge is 0.381 e. The van der Waals surface area contributed by atoms with Crippen LogP contribution in [0.1, 0.15) is 12.8 Å². The van der Waals surface area contributed by atoms with E-state index in [2.05, 4.69) is 0 Å². The third-order valence-electron chi connectivity index (χ3n) is 1.14. The summed E-state index contributed by atoms with van der Waals surface area (Å²) in [5, 5.41) is 0. The van der Waals surface area contributed by atoms with Crippen molar-refractivity contribution < 1.29 is 4.74 Å². The second-order valence-electron chi connectivity index (χ2n) is 1.77. The van der Waals surface area contributed by atoms with Gasteiger partial charge in [-0.15, -0.1) is 0 Å². The fourth-order valence-corrected chi connectivity index (χ4v) is 0.634. The lowest BCUT2D eigenvalue weighted by molar-refractivity contribution is 0.119. The van der Waals surface area contributed by atoms with Crippen LogP contribution in [0.25, 0.3) is 0 Å². The minimum Gasteiger partial charge on any atom is -0.381 e. The molecule has 1 heterocycles. The summed E-state index contributed by atoms with van der Waals surface area (Å²) in [6, 6.07) is 0. The maximum absolute atomic E-state index is 5.47. The SMILES string of the molecule is [CH]=C1CCOCC1. The quantitative estimate of drug-likeness (QED) is 0.440. The van der Waals surface area contributed by atoms with E-state index in [1.165, 1.54) is 0 Å². The second kappa shape index (κ2) is 2.12. The molecule has 0 unspecified atom stereocenters. The molecule has 0 aliphatic carbocycles. The highest BCUT2D eigenvalue weighted by molar-refractivity contribution is 4.92. The lowest BCUT2D eigenvalue weighted by atomic mass is 10.1. The predicted molar refractivity (Wildman–Crippen MR) is 27.9 cm³/mol. The summed E-state index contributed by atoms with van der Waals surface area (Å²) < 4.78 is 5.04. The Bertz CT molecular complexity index is 68.2. The first-order valence-electron chi connectivity index (χ1n) is 2.57. The van der Waals surface area contributed by atoms with Crippen molar-refractivity contribution in [3.8, 4) is 0 Å². The van der Waals surface area contributed by atoms with Gasteiger partial charge in [-0.2, -0.15) is 0 Å². The maximum Gasteiger partial charge on any atom is 0.0503 e. The average Bonchev–Trinajstić information content (AvgIpc) is 1.69. The van der Waals surface area contributed by atoms with Crippen molar-refractivity contribution in [1.29, 1.82) is 0 Å². The van der Waals surface area contributed by atoms with E-state index < -0.39 is 0 Å². The Morgan fingerprint density at radius 3 is 2.14 bits per heavy atom. The molecule has 7 heavy (non-hydrogen) atoms. The molecule has 1 nitrogen and oxygen atoms in total. The molecule has 1 heteroatoms. The van der Waals surface area contributed by atoms with Gasteiger partial charge in [-0.1, -0.05) is 12.2 Å². The molecule has 1 saturated heterocycles. The van der Waals surface area contributed by atoms with Crippen LogP contribution < -0.4 is 0 Å². The Hall–Kier alpha value is -0.300. The highest BCUT2D eigenvalue weighted by atomic mass is 16.5. The van der Waals surface area contributed by atoms with Gasteiger partial charge >= 0.3 is 0 Å². The summed E-state index contributed by atoms with van der Waals surface area (Å²) in [7, 11) is 0. The Morgan fingerprint density at radius 1 is 1.29 bits per heavy atom. The standard InChI is InChI=1S/C6H9O/c1-6-2-4-7-5-3-6/h1H,2-5H2. The van der Waals surface area contributed by atoms with Gasteiger partial charge in [-0.05, 0) is 12.8 Å². The average molecular weight is 97.1 g/mol. The van der Waals surface area contributed by atoms with Crippen LogP contribution in [0.5, 0.6) is 0 Å². The molecular weight excluding hydrogens is 88.1 g/mol. The molecule has 0 bridgehead atoms. The highest BCUT2D eigenvalue weighted by Crippen LogP contribution is 2.08. The molecule has 0 aromatic rings. The topological polar surface area (TPSA) is 9.23 Å². The number of rotatable bonds is 0. The summed E-state index contributed by atoms with van der Waals surface area (Å²) in [6.07, 6.45) is 1.92. The van der Waals surface area contributed by atoms with Gasteiger partial charge in [0.05, 0.1) is 13.2 Å². The van der Waals surface area contributed by atoms with E-state index in [1.54, 1.807) is 0 Å². The first-order valence-corrected chi connectivity index (χ1v) is 2.57. The summed E-state index contributed by atoms with van der Waals surface area (Å²) in [4.78, 5) is 0. The molecule has 0 atom stereocenters. The molecule has 0 aromatic heterocycles. The Morgan fingerprint density at radius 2 is 1.86 bits per heavy atom. The summed E-state index contributed by atoms with van der Waals surface area (Å²) in [5.74, 6) is 0. The zero-order valence-corrected chi connectivity index (χ0v) is 4.31. The van der Waals surface area contributed by atoms with E-state index in [4.69, 9.17) is 11.3 Å². The van der Waals surface area contributed by atoms with E-state index in [0.29, 0.717) is 0 Å². The number of ether oxygens (including phenoxy) is 1. The third-order valence-corrected chi connectivity index (χ3v) is 1.14. The first-order chi connectivity index (χ1) is 3.39. The van der Waals surface area contributed by atoms with Crippen molar-refractivity contribution in [2.45, 2.75) is 12.8 Å². The van der Waals surface area contributed by atoms with Crippen molar-refractivity contribution in [2.24, 2.45) is 0 Å². The van der Waals surface area contributed by atoms with E-state index >= 15 is 0 Å². The Balaban J connectivity index is 2.25. The van der Waals surface area contributed by atoms with Crippen LogP contribution >= 0.6 is 0 Å². The van der Waals surface area contributed by atoms with Gasteiger partial charge in [0, 0.05) is 0 Å². The van der Waals surface area contributed by atoms with Gasteiger partial charge in [-0.25, -0.2) is 0 Å². The van der Waals surface area contributed by atoms with E-state index in [1.807, 2.05) is 0 Å². The summed E-state index contributed by atoms with van der Waals surface area (Å²) in [5.41, 5.74) is 1.09.